The number of rotatable bonds is 3. The Morgan fingerprint density at radius 1 is 1.40 bits per heavy atom. The molecule has 0 saturated heterocycles. The van der Waals surface area contributed by atoms with E-state index in [1.807, 2.05) is 24.3 Å². The van der Waals surface area contributed by atoms with Gasteiger partial charge in [0.1, 0.15) is 0 Å². The van der Waals surface area contributed by atoms with Crippen LogP contribution in [0.25, 0.3) is 11.0 Å². The van der Waals surface area contributed by atoms with Crippen LogP contribution >= 0.6 is 0 Å². The van der Waals surface area contributed by atoms with Gasteiger partial charge in [-0.3, -0.25) is 0 Å². The minimum Gasteiger partial charge on any atom is -0.350 e. The smallest absolute Gasteiger partial charge is 0.255 e. The summed E-state index contributed by atoms with van der Waals surface area (Å²) in [5.41, 5.74) is 1.73. The Hall–Kier alpha value is -1.65. The molecule has 15 heavy (non-hydrogen) atoms. The van der Waals surface area contributed by atoms with E-state index in [4.69, 9.17) is 0 Å². The van der Waals surface area contributed by atoms with E-state index in [0.29, 0.717) is 5.95 Å². The zero-order valence-electron chi connectivity index (χ0n) is 8.24. The summed E-state index contributed by atoms with van der Waals surface area (Å²) in [6.45, 7) is -0.378. The van der Waals surface area contributed by atoms with Crippen LogP contribution in [-0.4, -0.2) is 22.5 Å². The minimum absolute atomic E-state index is 0.378. The average Bonchev–Trinajstić information content (AvgIpc) is 2.54. The van der Waals surface area contributed by atoms with Gasteiger partial charge in [-0.2, -0.15) is 0 Å². The molecule has 0 atom stereocenters. The molecule has 2 rings (SSSR count). The summed E-state index contributed by atoms with van der Waals surface area (Å²) in [5.74, 6) is 0.469. The molecular formula is C10H11F2N3. The minimum atomic E-state index is -2.37. The predicted octanol–water partition coefficient (Wildman–Crippen LogP) is 2.25. The summed E-state index contributed by atoms with van der Waals surface area (Å²) >= 11 is 0. The van der Waals surface area contributed by atoms with E-state index < -0.39 is 6.43 Å². The third-order valence-corrected chi connectivity index (χ3v) is 2.20. The van der Waals surface area contributed by atoms with Crippen molar-refractivity contribution in [2.24, 2.45) is 7.05 Å². The molecule has 0 saturated carbocycles. The molecule has 80 valence electrons. The highest BCUT2D eigenvalue weighted by molar-refractivity contribution is 5.78. The fourth-order valence-electron chi connectivity index (χ4n) is 1.47. The second-order valence-corrected chi connectivity index (χ2v) is 3.26. The molecule has 0 fully saturated rings. The van der Waals surface area contributed by atoms with Gasteiger partial charge in [0.25, 0.3) is 6.43 Å². The van der Waals surface area contributed by atoms with Crippen LogP contribution in [0, 0.1) is 0 Å². The lowest BCUT2D eigenvalue weighted by Gasteiger charge is -2.04. The van der Waals surface area contributed by atoms with Crippen molar-refractivity contribution in [3.8, 4) is 0 Å². The molecule has 0 bridgehead atoms. The molecule has 1 heterocycles. The molecule has 0 aliphatic rings. The van der Waals surface area contributed by atoms with Crippen LogP contribution in [0.3, 0.4) is 0 Å². The Labute approximate surface area is 85.7 Å². The van der Waals surface area contributed by atoms with Crippen LogP contribution in [0.5, 0.6) is 0 Å². The lowest BCUT2D eigenvalue weighted by molar-refractivity contribution is 0.163. The summed E-state index contributed by atoms with van der Waals surface area (Å²) in [5, 5.41) is 2.60. The van der Waals surface area contributed by atoms with Gasteiger partial charge >= 0.3 is 0 Å². The summed E-state index contributed by atoms with van der Waals surface area (Å²) in [6.07, 6.45) is -2.37. The maximum atomic E-state index is 12.0. The maximum absolute atomic E-state index is 12.0. The lowest BCUT2D eigenvalue weighted by atomic mass is 10.3. The van der Waals surface area contributed by atoms with Gasteiger partial charge < -0.3 is 9.88 Å². The number of hydrogen-bond donors (Lipinski definition) is 1. The van der Waals surface area contributed by atoms with Crippen molar-refractivity contribution < 1.29 is 8.78 Å². The summed E-state index contributed by atoms with van der Waals surface area (Å²) < 4.78 is 25.8. The molecule has 1 aromatic heterocycles. The largest absolute Gasteiger partial charge is 0.350 e. The Morgan fingerprint density at radius 2 is 2.13 bits per heavy atom. The first kappa shape index (κ1) is 9.89. The first-order chi connectivity index (χ1) is 7.18. The van der Waals surface area contributed by atoms with Crippen molar-refractivity contribution in [1.82, 2.24) is 9.55 Å². The van der Waals surface area contributed by atoms with E-state index in [-0.39, 0.29) is 6.54 Å². The Morgan fingerprint density at radius 3 is 2.80 bits per heavy atom. The van der Waals surface area contributed by atoms with Crippen LogP contribution in [0.4, 0.5) is 14.7 Å². The van der Waals surface area contributed by atoms with Crippen molar-refractivity contribution in [2.45, 2.75) is 6.43 Å². The first-order valence-corrected chi connectivity index (χ1v) is 4.62. The van der Waals surface area contributed by atoms with Gasteiger partial charge in [-0.05, 0) is 12.1 Å². The van der Waals surface area contributed by atoms with Gasteiger partial charge in [0.05, 0.1) is 17.6 Å². The van der Waals surface area contributed by atoms with E-state index >= 15 is 0 Å². The molecule has 0 amide bonds. The van der Waals surface area contributed by atoms with E-state index in [0.717, 1.165) is 11.0 Å². The quantitative estimate of drug-likeness (QED) is 0.843. The Bertz CT molecular complexity index is 465. The van der Waals surface area contributed by atoms with Crippen LogP contribution < -0.4 is 5.32 Å². The van der Waals surface area contributed by atoms with Crippen LogP contribution in [0.2, 0.25) is 0 Å². The number of aryl methyl sites for hydroxylation is 1. The highest BCUT2D eigenvalue weighted by Gasteiger charge is 2.08. The van der Waals surface area contributed by atoms with Crippen molar-refractivity contribution in [1.29, 1.82) is 0 Å². The molecule has 3 nitrogen and oxygen atoms in total. The van der Waals surface area contributed by atoms with Crippen LogP contribution in [0.15, 0.2) is 24.3 Å². The molecule has 5 heteroatoms. The Balaban J connectivity index is 2.32. The molecule has 0 unspecified atom stereocenters. The third-order valence-electron chi connectivity index (χ3n) is 2.20. The summed E-state index contributed by atoms with van der Waals surface area (Å²) in [4.78, 5) is 4.20. The molecule has 0 spiro atoms. The summed E-state index contributed by atoms with van der Waals surface area (Å²) in [7, 11) is 1.79. The molecule has 1 N–H and O–H groups in total. The molecule has 2 aromatic rings. The van der Waals surface area contributed by atoms with Crippen molar-refractivity contribution in [2.75, 3.05) is 11.9 Å². The number of nitrogens with zero attached hydrogens (tertiary/aromatic N) is 2. The number of para-hydroxylation sites is 2. The number of imidazole rings is 1. The monoisotopic (exact) mass is 211 g/mol. The second-order valence-electron chi connectivity index (χ2n) is 3.26. The number of halogens is 2. The average molecular weight is 211 g/mol. The van der Waals surface area contributed by atoms with Gasteiger partial charge in [-0.1, -0.05) is 12.1 Å². The number of hydrogen-bond acceptors (Lipinski definition) is 2. The van der Waals surface area contributed by atoms with Gasteiger partial charge in [0, 0.05) is 7.05 Å². The molecule has 1 aromatic carbocycles. The molecular weight excluding hydrogens is 200 g/mol. The highest BCUT2D eigenvalue weighted by atomic mass is 19.3. The fourth-order valence-corrected chi connectivity index (χ4v) is 1.47. The maximum Gasteiger partial charge on any atom is 0.255 e. The van der Waals surface area contributed by atoms with E-state index in [2.05, 4.69) is 10.3 Å². The van der Waals surface area contributed by atoms with Crippen LogP contribution in [0.1, 0.15) is 0 Å². The van der Waals surface area contributed by atoms with Crippen molar-refractivity contribution >= 4 is 17.0 Å². The number of anilines is 1. The zero-order chi connectivity index (χ0) is 10.8. The van der Waals surface area contributed by atoms with Crippen molar-refractivity contribution in [3.63, 3.8) is 0 Å². The SMILES string of the molecule is Cn1c(NCC(F)F)nc2ccccc21. The molecule has 0 aliphatic heterocycles. The highest BCUT2D eigenvalue weighted by Crippen LogP contribution is 2.17. The number of alkyl halides is 2. The van der Waals surface area contributed by atoms with Crippen LogP contribution in [-0.2, 0) is 7.05 Å². The predicted molar refractivity (Wildman–Crippen MR) is 55.2 cm³/mol. The number of benzene rings is 1. The van der Waals surface area contributed by atoms with Crippen molar-refractivity contribution in [3.05, 3.63) is 24.3 Å². The standard InChI is InChI=1S/C10H11F2N3/c1-15-8-5-3-2-4-7(8)14-10(15)13-6-9(11)12/h2-5,9H,6H2,1H3,(H,13,14). The second kappa shape index (κ2) is 3.84. The van der Waals surface area contributed by atoms with E-state index in [1.54, 1.807) is 11.6 Å². The lowest BCUT2D eigenvalue weighted by Crippen LogP contribution is -2.13. The van der Waals surface area contributed by atoms with Gasteiger partial charge in [0.15, 0.2) is 0 Å². The van der Waals surface area contributed by atoms with E-state index in [1.165, 1.54) is 0 Å². The molecule has 0 radical (unpaired) electrons. The normalized spacial score (nSPS) is 11.2. The number of aromatic nitrogens is 2. The Kier molecular flexibility index (Phi) is 2.53. The van der Waals surface area contributed by atoms with Gasteiger partial charge in [0.2, 0.25) is 5.95 Å². The topological polar surface area (TPSA) is 29.9 Å². The van der Waals surface area contributed by atoms with Gasteiger partial charge in [-0.25, -0.2) is 13.8 Å². The number of fused-ring (bicyclic) bond motifs is 1. The zero-order valence-corrected chi connectivity index (χ0v) is 8.24. The first-order valence-electron chi connectivity index (χ1n) is 4.62. The number of nitrogens with one attached hydrogen (secondary N) is 1. The van der Waals surface area contributed by atoms with E-state index in [9.17, 15) is 8.78 Å². The molecule has 0 aliphatic carbocycles. The van der Waals surface area contributed by atoms with Gasteiger partial charge in [-0.15, -0.1) is 0 Å². The summed E-state index contributed by atoms with van der Waals surface area (Å²) in [6, 6.07) is 7.51. The third kappa shape index (κ3) is 1.91. The fraction of sp³-hybridized carbons (Fsp3) is 0.300.